The van der Waals surface area contributed by atoms with Gasteiger partial charge >= 0.3 is 47.9 Å². The van der Waals surface area contributed by atoms with Crippen molar-refractivity contribution in [3.05, 3.63) is 41.2 Å². The lowest BCUT2D eigenvalue weighted by Crippen LogP contribution is -2.51. The van der Waals surface area contributed by atoms with Crippen molar-refractivity contribution >= 4 is 59.7 Å². The molecule has 6 amide bonds. The lowest BCUT2D eigenvalue weighted by Gasteiger charge is -2.18. The number of rotatable bonds is 30. The average Bonchev–Trinajstić information content (AvgIpc) is 3.70. The Morgan fingerprint density at radius 2 is 0.952 bits per heavy atom. The molecule has 0 aliphatic carbocycles. The Morgan fingerprint density at radius 1 is 0.556 bits per heavy atom. The molecule has 0 aliphatic heterocycles. The van der Waals surface area contributed by atoms with Crippen LogP contribution in [0.4, 0.5) is 14.0 Å². The van der Waals surface area contributed by atoms with E-state index in [4.69, 9.17) is 10.2 Å². The van der Waals surface area contributed by atoms with Gasteiger partial charge in [-0.2, -0.15) is 0 Å². The fraction of sp³-hybridized carbons (Fsp3) is 0.514. The van der Waals surface area contributed by atoms with Crippen molar-refractivity contribution in [1.29, 1.82) is 0 Å². The number of alkyl halides is 1. The number of aliphatic carboxylic acids is 6. The molecule has 0 saturated carbocycles. The number of carbonyl (C=O) groups excluding carboxylic acids is 4. The minimum Gasteiger partial charge on any atom is -0.481 e. The third-order valence-corrected chi connectivity index (χ3v) is 8.93. The normalized spacial score (nSPS) is 12.7. The molecular formula is C37H50FN9O16. The van der Waals surface area contributed by atoms with Crippen molar-refractivity contribution in [2.45, 2.75) is 101 Å². The summed E-state index contributed by atoms with van der Waals surface area (Å²) >= 11 is 0. The van der Waals surface area contributed by atoms with Gasteiger partial charge in [0.25, 0.3) is 11.8 Å². The maximum atomic E-state index is 13.3. The molecule has 0 radical (unpaired) electrons. The molecule has 1 heterocycles. The summed E-state index contributed by atoms with van der Waals surface area (Å²) in [6, 6.07) is -4.25. The van der Waals surface area contributed by atoms with E-state index in [-0.39, 0.29) is 81.3 Å². The molecule has 0 spiro atoms. The van der Waals surface area contributed by atoms with Crippen LogP contribution in [0, 0.1) is 0 Å². The first-order valence-corrected chi connectivity index (χ1v) is 19.5. The molecule has 3 unspecified atom stereocenters. The van der Waals surface area contributed by atoms with Crippen molar-refractivity contribution in [2.75, 3.05) is 19.8 Å². The van der Waals surface area contributed by atoms with Crippen LogP contribution < -0.4 is 31.9 Å². The molecule has 0 aliphatic rings. The number of urea groups is 2. The Labute approximate surface area is 357 Å². The maximum Gasteiger partial charge on any atom is 0.326 e. The van der Waals surface area contributed by atoms with Gasteiger partial charge in [0.1, 0.15) is 24.2 Å². The van der Waals surface area contributed by atoms with Gasteiger partial charge in [0.2, 0.25) is 0 Å². The highest BCUT2D eigenvalue weighted by Gasteiger charge is 2.26. The number of hydrogen-bond donors (Lipinski definition) is 12. The Balaban J connectivity index is 2.04. The molecule has 12 N–H and O–H groups in total. The Kier molecular flexibility index (Phi) is 21.9. The first kappa shape index (κ1) is 51.7. The molecule has 25 nitrogen and oxygen atoms in total. The zero-order valence-corrected chi connectivity index (χ0v) is 33.7. The largest absolute Gasteiger partial charge is 0.481 e. The van der Waals surface area contributed by atoms with Crippen LogP contribution in [-0.2, 0) is 35.2 Å². The molecule has 0 saturated heterocycles. The Hall–Kier alpha value is -7.41. The molecule has 63 heavy (non-hydrogen) atoms. The Morgan fingerprint density at radius 3 is 1.32 bits per heavy atom. The molecule has 2 rings (SSSR count). The van der Waals surface area contributed by atoms with Gasteiger partial charge < -0.3 is 62.5 Å². The highest BCUT2D eigenvalue weighted by Crippen LogP contribution is 2.16. The molecule has 346 valence electrons. The lowest BCUT2D eigenvalue weighted by atomic mass is 10.1. The second kappa shape index (κ2) is 26.7. The number of halogens is 1. The van der Waals surface area contributed by atoms with Gasteiger partial charge in [-0.15, -0.1) is 5.10 Å². The zero-order chi connectivity index (χ0) is 47.1. The predicted octanol–water partition coefficient (Wildman–Crippen LogP) is 0.110. The van der Waals surface area contributed by atoms with Crippen LogP contribution in [0.25, 0.3) is 5.69 Å². The van der Waals surface area contributed by atoms with Gasteiger partial charge in [-0.1, -0.05) is 5.21 Å². The minimum atomic E-state index is -1.58. The number of carboxylic acids is 6. The van der Waals surface area contributed by atoms with Crippen molar-refractivity contribution in [3.63, 3.8) is 0 Å². The highest BCUT2D eigenvalue weighted by molar-refractivity contribution is 6.00. The van der Waals surface area contributed by atoms with E-state index in [1.165, 1.54) is 29.1 Å². The summed E-state index contributed by atoms with van der Waals surface area (Å²) < 4.78 is 14.0. The number of nitrogens with zero attached hydrogens (tertiary/aromatic N) is 3. The number of aromatic nitrogens is 3. The second-order valence-electron chi connectivity index (χ2n) is 13.9. The summed E-state index contributed by atoms with van der Waals surface area (Å²) in [5.41, 5.74) is 0.664. The molecule has 2 aromatic rings. The SMILES string of the molecule is O=C(O)CCC(NC(=O)NC(CCCCNC(=O)c1cc(C(=O)NCCCCC(NC(=O)N[C@@H](CCC(=O)O)C(=O)O)C(=O)O)cc(-n2cc(CCCF)nn2)c1)C(=O)O)C(=O)O. The zero-order valence-electron chi connectivity index (χ0n) is 33.7. The topological polar surface area (TPSA) is 395 Å². The van der Waals surface area contributed by atoms with Crippen LogP contribution in [0.2, 0.25) is 0 Å². The maximum absolute atomic E-state index is 13.3. The van der Waals surface area contributed by atoms with Crippen LogP contribution in [0.5, 0.6) is 0 Å². The standard InChI is InChI=1S/C37H50FN9O16/c38-13-5-6-22-19-47(46-45-22)23-17-20(30(52)39-14-3-1-7-24(32(54)55)41-36(62)43-26(34(58)59)9-11-28(48)49)16-21(18-23)31(53)40-15-4-2-8-25(33(56)57)42-37(63)44-27(35(60)61)10-12-29(50)51/h16-19,24-27H,1-15H2,(H,39,52)(H,40,53)(H,48,49)(H,50,51)(H,54,55)(H,56,57)(H,58,59)(H,60,61)(H2,41,43,62)(H2,42,44,63)/t24?,25?,26-,27?/m0/s1. The van der Waals surface area contributed by atoms with E-state index in [0.717, 1.165) is 0 Å². The van der Waals surface area contributed by atoms with Gasteiger partial charge in [-0.05, 0) is 82.4 Å². The molecule has 1 aromatic carbocycles. The summed E-state index contributed by atoms with van der Waals surface area (Å²) in [6.07, 6.45) is 0.420. The summed E-state index contributed by atoms with van der Waals surface area (Å²) in [5.74, 6) is -9.76. The molecule has 26 heteroatoms. The van der Waals surface area contributed by atoms with Crippen LogP contribution in [0.3, 0.4) is 0 Å². The smallest absolute Gasteiger partial charge is 0.326 e. The summed E-state index contributed by atoms with van der Waals surface area (Å²) in [6.45, 7) is -0.575. The van der Waals surface area contributed by atoms with Gasteiger partial charge in [-0.25, -0.2) is 33.4 Å². The van der Waals surface area contributed by atoms with Gasteiger partial charge in [0.05, 0.1) is 24.3 Å². The molecule has 1 aromatic heterocycles. The number of amides is 6. The fourth-order valence-corrected chi connectivity index (χ4v) is 5.63. The average molecular weight is 896 g/mol. The van der Waals surface area contributed by atoms with E-state index in [0.29, 0.717) is 5.69 Å². The third kappa shape index (κ3) is 19.7. The number of benzene rings is 1. The van der Waals surface area contributed by atoms with E-state index >= 15 is 0 Å². The first-order valence-electron chi connectivity index (χ1n) is 19.5. The molecule has 0 fully saturated rings. The summed E-state index contributed by atoms with van der Waals surface area (Å²) in [4.78, 5) is 119. The second-order valence-corrected chi connectivity index (χ2v) is 13.9. The van der Waals surface area contributed by atoms with Crippen LogP contribution >= 0.6 is 0 Å². The fourth-order valence-electron chi connectivity index (χ4n) is 5.63. The quantitative estimate of drug-likeness (QED) is 0.0463. The van der Waals surface area contributed by atoms with Gasteiger partial charge in [0, 0.05) is 37.1 Å². The summed E-state index contributed by atoms with van der Waals surface area (Å²) in [7, 11) is 0. The van der Waals surface area contributed by atoms with Crippen molar-refractivity contribution in [3.8, 4) is 5.69 Å². The van der Waals surface area contributed by atoms with E-state index in [1.807, 2.05) is 10.6 Å². The monoisotopic (exact) mass is 895 g/mol. The van der Waals surface area contributed by atoms with Crippen LogP contribution in [0.15, 0.2) is 24.4 Å². The van der Waals surface area contributed by atoms with Crippen molar-refractivity contribution in [2.24, 2.45) is 0 Å². The summed E-state index contributed by atoms with van der Waals surface area (Å²) in [5, 5.41) is 76.7. The minimum absolute atomic E-state index is 0.00200. The van der Waals surface area contributed by atoms with Gasteiger partial charge in [-0.3, -0.25) is 23.6 Å². The number of carboxylic acid groups (broad SMARTS) is 6. The highest BCUT2D eigenvalue weighted by atomic mass is 19.1. The number of nitrogens with one attached hydrogen (secondary N) is 6. The molecule has 4 atom stereocenters. The van der Waals surface area contributed by atoms with E-state index in [1.54, 1.807) is 0 Å². The van der Waals surface area contributed by atoms with E-state index < -0.39 is 116 Å². The van der Waals surface area contributed by atoms with E-state index in [2.05, 4.69) is 31.6 Å². The molecular weight excluding hydrogens is 845 g/mol. The van der Waals surface area contributed by atoms with Gasteiger partial charge in [0.15, 0.2) is 0 Å². The number of carbonyl (C=O) groups is 10. The van der Waals surface area contributed by atoms with Crippen LogP contribution in [0.1, 0.15) is 97.0 Å². The van der Waals surface area contributed by atoms with Crippen molar-refractivity contribution < 1.29 is 83.0 Å². The predicted molar refractivity (Wildman–Crippen MR) is 211 cm³/mol. The number of aryl methyl sites for hydroxylation is 1. The third-order valence-electron chi connectivity index (χ3n) is 8.93. The number of hydrogen-bond acceptors (Lipinski definition) is 12. The van der Waals surface area contributed by atoms with Crippen molar-refractivity contribution in [1.82, 2.24) is 46.9 Å². The first-order chi connectivity index (χ1) is 29.8. The number of unbranched alkanes of at least 4 members (excludes halogenated alkanes) is 2. The Bertz CT molecular complexity index is 1850. The van der Waals surface area contributed by atoms with E-state index in [9.17, 15) is 72.8 Å². The van der Waals surface area contributed by atoms with Crippen LogP contribution in [-0.4, -0.2) is 149 Å². The lowest BCUT2D eigenvalue weighted by molar-refractivity contribution is -0.142. The molecule has 0 bridgehead atoms.